The highest BCUT2D eigenvalue weighted by Gasteiger charge is 2.23. The predicted molar refractivity (Wildman–Crippen MR) is 413 cm³/mol. The maximum absolute atomic E-state index is 9.05. The molecule has 9 aromatic heterocycles. The molecular weight excluding hydrogens is 1350 g/mol. The molecule has 522 valence electrons. The first-order valence-corrected chi connectivity index (χ1v) is 33.9. The Balaban J connectivity index is 0.000000141. The van der Waals surface area contributed by atoms with Crippen LogP contribution in [0.2, 0.25) is 5.02 Å². The number of pyridine rings is 3. The van der Waals surface area contributed by atoms with E-state index in [0.717, 1.165) is 129 Å². The fraction of sp³-hybridized carbons (Fsp3) is 0.133. The largest absolute Gasteiger partial charge is 0.494 e. The van der Waals surface area contributed by atoms with E-state index in [0.29, 0.717) is 74.0 Å². The van der Waals surface area contributed by atoms with Gasteiger partial charge in [-0.1, -0.05) is 11.6 Å². The average molecular weight is 1420 g/mol. The number of rotatable bonds is 16. The first-order chi connectivity index (χ1) is 51.3. The van der Waals surface area contributed by atoms with E-state index in [2.05, 4.69) is 112 Å². The smallest absolute Gasteiger partial charge is 0.249 e. The normalized spacial score (nSPS) is 10.8. The van der Waals surface area contributed by atoms with Crippen LogP contribution in [0.15, 0.2) is 201 Å². The molecule has 3 N–H and O–H groups in total. The molecule has 0 atom stereocenters. The van der Waals surface area contributed by atoms with Crippen LogP contribution >= 0.6 is 11.6 Å². The summed E-state index contributed by atoms with van der Waals surface area (Å²) in [4.78, 5) is 40.4. The zero-order valence-corrected chi connectivity index (χ0v) is 60.5. The number of fused-ring (bicyclic) bond motifs is 3. The number of anilines is 6. The van der Waals surface area contributed by atoms with Gasteiger partial charge >= 0.3 is 0 Å². The van der Waals surface area contributed by atoms with E-state index in [-0.39, 0.29) is 0 Å². The number of benzene rings is 6. The monoisotopic (exact) mass is 1420 g/mol. The third-order valence-electron chi connectivity index (χ3n) is 17.6. The molecule has 0 unspecified atom stereocenters. The summed E-state index contributed by atoms with van der Waals surface area (Å²) in [6, 6.07) is 52.0. The van der Waals surface area contributed by atoms with E-state index in [4.69, 9.17) is 56.3 Å². The number of ether oxygens (including phenoxy) is 4. The van der Waals surface area contributed by atoms with Gasteiger partial charge in [-0.05, 0) is 261 Å². The molecule has 22 nitrogen and oxygen atoms in total. The van der Waals surface area contributed by atoms with Gasteiger partial charge in [0.15, 0.2) is 0 Å². The number of nitrogens with zero attached hydrogens (tertiary/aromatic N) is 15. The number of hydrogen-bond donors (Lipinski definition) is 3. The van der Waals surface area contributed by atoms with Crippen LogP contribution in [0.4, 0.5) is 34.9 Å². The summed E-state index contributed by atoms with van der Waals surface area (Å²) in [6.07, 6.45) is 16.4. The van der Waals surface area contributed by atoms with E-state index < -0.39 is 0 Å². The zero-order chi connectivity index (χ0) is 74.3. The lowest BCUT2D eigenvalue weighted by Gasteiger charge is -2.16. The van der Waals surface area contributed by atoms with Gasteiger partial charge in [0.25, 0.3) is 0 Å². The summed E-state index contributed by atoms with van der Waals surface area (Å²) in [5.41, 5.74) is 21.9. The van der Waals surface area contributed by atoms with Gasteiger partial charge in [0, 0.05) is 93.3 Å². The number of aryl methyl sites for hydroxylation is 10. The number of nitriles is 3. The quantitative estimate of drug-likeness (QED) is 0.0811. The average Bonchev–Trinajstić information content (AvgIpc) is 1.60. The van der Waals surface area contributed by atoms with Crippen molar-refractivity contribution < 1.29 is 18.9 Å². The minimum atomic E-state index is 0.342. The van der Waals surface area contributed by atoms with Gasteiger partial charge in [0.1, 0.15) is 45.1 Å². The zero-order valence-electron chi connectivity index (χ0n) is 59.8. The van der Waals surface area contributed by atoms with Gasteiger partial charge < -0.3 is 48.6 Å². The standard InChI is InChI=1S/C28H24N6O2.C28H24N6O.C27H21ClN6O/c1-17-13-20(22-9-11-30-16-24(22)35-4)14-18(2)26(17)36-27-25-23(10-12-34(25)3)32-28(33-27)31-21-7-5-19(15-29)6-8-21;1-17-13-21(23-9-11-30-16-19(23)3)14-18(2)26(17)35-27-25-24(10-12-34(25)4)32-28(33-27)31-22-7-5-20(15-29)6-8-22;1-16-12-20(19-8-10-30-11-9-19)13-17(2)25(16)35-26-24-23(22(28)15-34(24)3)32-27(33-26)31-21-6-4-18(14-29)5-7-21/h5-14,16H,1-4H3,(H,31,32,33);5-14,16H,1-4H3,(H,31,32,33);4-13,15H,1-3H3,(H,31,32,33). The highest BCUT2D eigenvalue weighted by molar-refractivity contribution is 6.35. The molecule has 0 saturated carbocycles. The molecule has 0 fully saturated rings. The van der Waals surface area contributed by atoms with Crippen LogP contribution in [-0.2, 0) is 21.1 Å². The van der Waals surface area contributed by atoms with Crippen LogP contribution in [0.3, 0.4) is 0 Å². The Hall–Kier alpha value is -14.0. The van der Waals surface area contributed by atoms with Crippen LogP contribution < -0.4 is 34.9 Å². The number of hydrogen-bond acceptors (Lipinski definition) is 19. The Kier molecular flexibility index (Phi) is 20.4. The fourth-order valence-corrected chi connectivity index (χ4v) is 12.7. The molecule has 0 aliphatic rings. The molecule has 0 amide bonds. The molecule has 15 aromatic rings. The first kappa shape index (κ1) is 70.4. The number of nitrogens with one attached hydrogen (secondary N) is 3. The van der Waals surface area contributed by atoms with E-state index in [9.17, 15) is 0 Å². The lowest BCUT2D eigenvalue weighted by Crippen LogP contribution is -2.02. The Morgan fingerprint density at radius 2 is 0.764 bits per heavy atom. The van der Waals surface area contributed by atoms with Gasteiger partial charge in [-0.25, -0.2) is 15.0 Å². The highest BCUT2D eigenvalue weighted by atomic mass is 35.5. The third kappa shape index (κ3) is 15.3. The Morgan fingerprint density at radius 1 is 0.387 bits per heavy atom. The van der Waals surface area contributed by atoms with Gasteiger partial charge in [-0.3, -0.25) is 15.0 Å². The van der Waals surface area contributed by atoms with Crippen molar-refractivity contribution in [2.24, 2.45) is 21.1 Å². The molecule has 106 heavy (non-hydrogen) atoms. The molecule has 0 aliphatic carbocycles. The van der Waals surface area contributed by atoms with Gasteiger partial charge in [0.05, 0.1) is 64.3 Å². The SMILES string of the molecule is COc1cnccc1-c1cc(C)c(Oc2nc(Nc3ccc(C#N)cc3)nc3ccn(C)c23)c(C)c1.Cc1cc(-c2ccncc2)cc(C)c1Oc1nc(Nc2ccc(C#N)cc2)nc2c(Cl)cn(C)c12.Cc1cnccc1-c1cc(C)c(Oc2nc(Nc3ccc(C#N)cc3)nc3ccn(C)c23)c(C)c1. The van der Waals surface area contributed by atoms with Crippen LogP contribution in [0.25, 0.3) is 66.5 Å². The van der Waals surface area contributed by atoms with Crippen molar-refractivity contribution in [3.8, 4) is 92.2 Å². The second kappa shape index (κ2) is 30.7. The van der Waals surface area contributed by atoms with Gasteiger partial charge in [-0.2, -0.15) is 30.7 Å². The van der Waals surface area contributed by atoms with Crippen LogP contribution in [-0.4, -0.2) is 65.7 Å². The molecule has 6 aromatic carbocycles. The topological polar surface area (TPSA) is 275 Å². The van der Waals surface area contributed by atoms with Crippen molar-refractivity contribution in [1.82, 2.24) is 58.6 Å². The fourth-order valence-electron chi connectivity index (χ4n) is 12.4. The summed E-state index contributed by atoms with van der Waals surface area (Å²) < 4.78 is 30.6. The van der Waals surface area contributed by atoms with E-state index in [1.54, 1.807) is 86.6 Å². The second-order valence-electron chi connectivity index (χ2n) is 25.2. The minimum absolute atomic E-state index is 0.342. The van der Waals surface area contributed by atoms with E-state index in [1.807, 2.05) is 162 Å². The Labute approximate surface area is 616 Å². The van der Waals surface area contributed by atoms with Crippen molar-refractivity contribution >= 4 is 79.6 Å². The number of halogens is 1. The predicted octanol–water partition coefficient (Wildman–Crippen LogP) is 19.1. The van der Waals surface area contributed by atoms with Crippen molar-refractivity contribution in [2.45, 2.75) is 48.5 Å². The second-order valence-corrected chi connectivity index (χ2v) is 25.6. The Bertz CT molecular complexity index is 5890. The van der Waals surface area contributed by atoms with Crippen molar-refractivity contribution in [3.63, 3.8) is 0 Å². The molecule has 0 saturated heterocycles. The molecule has 15 rings (SSSR count). The molecule has 0 spiro atoms. The Morgan fingerprint density at radius 3 is 1.18 bits per heavy atom. The molecule has 0 bridgehead atoms. The molecule has 0 radical (unpaired) electrons. The summed E-state index contributed by atoms with van der Waals surface area (Å²) in [6.45, 7) is 14.2. The van der Waals surface area contributed by atoms with Gasteiger partial charge in [-0.15, -0.1) is 0 Å². The first-order valence-electron chi connectivity index (χ1n) is 33.5. The third-order valence-corrected chi connectivity index (χ3v) is 17.8. The van der Waals surface area contributed by atoms with Crippen LogP contribution in [0, 0.1) is 82.5 Å². The number of methoxy groups -OCH3 is 1. The molecule has 9 heterocycles. The molecule has 0 aliphatic heterocycles. The molecular formula is C83H69ClN18O4. The summed E-state index contributed by atoms with van der Waals surface area (Å²) in [5, 5.41) is 37.2. The van der Waals surface area contributed by atoms with Gasteiger partial charge in [0.2, 0.25) is 35.5 Å². The van der Waals surface area contributed by atoms with Crippen molar-refractivity contribution in [2.75, 3.05) is 23.1 Å². The maximum Gasteiger partial charge on any atom is 0.249 e. The lowest BCUT2D eigenvalue weighted by molar-refractivity contribution is 0.414. The summed E-state index contributed by atoms with van der Waals surface area (Å²) >= 11 is 6.48. The molecule has 23 heteroatoms. The number of aromatic nitrogens is 12. The highest BCUT2D eigenvalue weighted by Crippen LogP contribution is 2.42. The summed E-state index contributed by atoms with van der Waals surface area (Å²) in [5.74, 6) is 5.42. The van der Waals surface area contributed by atoms with Crippen molar-refractivity contribution in [3.05, 3.63) is 262 Å². The summed E-state index contributed by atoms with van der Waals surface area (Å²) in [7, 11) is 7.40. The van der Waals surface area contributed by atoms with Crippen LogP contribution in [0.5, 0.6) is 40.6 Å². The minimum Gasteiger partial charge on any atom is -0.494 e. The van der Waals surface area contributed by atoms with E-state index >= 15 is 0 Å². The maximum atomic E-state index is 9.05. The van der Waals surface area contributed by atoms with Crippen molar-refractivity contribution in [1.29, 1.82) is 15.8 Å². The lowest BCUT2D eigenvalue weighted by atomic mass is 9.98. The van der Waals surface area contributed by atoms with Crippen LogP contribution in [0.1, 0.15) is 55.6 Å². The van der Waals surface area contributed by atoms with E-state index in [1.165, 1.54) is 0 Å².